The van der Waals surface area contributed by atoms with Gasteiger partial charge in [-0.2, -0.15) is 0 Å². The van der Waals surface area contributed by atoms with E-state index in [1.807, 2.05) is 6.92 Å². The Morgan fingerprint density at radius 3 is 2.62 bits per heavy atom. The Labute approximate surface area is 124 Å². The minimum absolute atomic E-state index is 0.186. The van der Waals surface area contributed by atoms with Gasteiger partial charge in [-0.15, -0.1) is 0 Å². The maximum Gasteiger partial charge on any atom is 0.253 e. The van der Waals surface area contributed by atoms with Crippen LogP contribution in [-0.4, -0.2) is 33.6 Å². The third kappa shape index (κ3) is 4.26. The highest BCUT2D eigenvalue weighted by molar-refractivity contribution is 7.89. The predicted molar refractivity (Wildman–Crippen MR) is 79.5 cm³/mol. The second kappa shape index (κ2) is 7.02. The van der Waals surface area contributed by atoms with Gasteiger partial charge in [-0.1, -0.05) is 6.92 Å². The molecule has 1 aromatic rings. The Kier molecular flexibility index (Phi) is 5.33. The molecule has 0 bridgehead atoms. The second-order valence-corrected chi connectivity index (χ2v) is 6.68. The normalized spacial score (nSPS) is 18.6. The van der Waals surface area contributed by atoms with Gasteiger partial charge >= 0.3 is 0 Å². The van der Waals surface area contributed by atoms with Gasteiger partial charge in [-0.25, -0.2) is 13.1 Å². The molecule has 1 aliphatic heterocycles. The van der Waals surface area contributed by atoms with Gasteiger partial charge in [0.15, 0.2) is 0 Å². The molecule has 0 aromatic heterocycles. The third-order valence-corrected chi connectivity index (χ3v) is 4.67. The number of carbonyl (C=O) groups is 1. The topological polar surface area (TPSA) is 84.5 Å². The van der Waals surface area contributed by atoms with Gasteiger partial charge in [0.2, 0.25) is 10.0 Å². The molecule has 1 saturated heterocycles. The highest BCUT2D eigenvalue weighted by Crippen LogP contribution is 2.17. The van der Waals surface area contributed by atoms with Crippen LogP contribution in [0, 0.1) is 0 Å². The predicted octanol–water partition coefficient (Wildman–Crippen LogP) is 1.49. The van der Waals surface area contributed by atoms with Crippen molar-refractivity contribution in [3.8, 4) is 0 Å². The zero-order chi connectivity index (χ0) is 15.3. The van der Waals surface area contributed by atoms with Crippen molar-refractivity contribution < 1.29 is 17.9 Å². The van der Waals surface area contributed by atoms with Crippen LogP contribution in [0.4, 0.5) is 5.69 Å². The van der Waals surface area contributed by atoms with Crippen LogP contribution in [0.15, 0.2) is 29.2 Å². The molecular weight excluding hydrogens is 292 g/mol. The highest BCUT2D eigenvalue weighted by Gasteiger charge is 2.23. The summed E-state index contributed by atoms with van der Waals surface area (Å²) < 4.78 is 31.6. The average Bonchev–Trinajstić information content (AvgIpc) is 3.00. The number of rotatable bonds is 6. The van der Waals surface area contributed by atoms with E-state index in [0.717, 1.165) is 19.3 Å². The lowest BCUT2D eigenvalue weighted by Gasteiger charge is -2.11. The van der Waals surface area contributed by atoms with Gasteiger partial charge in [-0.3, -0.25) is 4.79 Å². The number of hydrogen-bond acceptors (Lipinski definition) is 4. The van der Waals surface area contributed by atoms with E-state index in [4.69, 9.17) is 4.74 Å². The van der Waals surface area contributed by atoms with Crippen molar-refractivity contribution >= 4 is 21.6 Å². The Hall–Kier alpha value is -1.44. The molecule has 0 saturated carbocycles. The molecule has 1 aromatic carbocycles. The first-order valence-electron chi connectivity index (χ1n) is 7.05. The minimum Gasteiger partial charge on any atom is -0.368 e. The lowest BCUT2D eigenvalue weighted by Crippen LogP contribution is -2.27. The quantitative estimate of drug-likeness (QED) is 0.833. The lowest BCUT2D eigenvalue weighted by atomic mass is 10.2. The van der Waals surface area contributed by atoms with Crippen LogP contribution in [0.25, 0.3) is 0 Å². The monoisotopic (exact) mass is 312 g/mol. The van der Waals surface area contributed by atoms with Gasteiger partial charge in [0.05, 0.1) is 4.90 Å². The molecule has 0 unspecified atom stereocenters. The molecule has 2 rings (SSSR count). The Balaban J connectivity index is 2.00. The first-order chi connectivity index (χ1) is 10.0. The molecular formula is C14H20N2O4S. The van der Waals surface area contributed by atoms with Crippen molar-refractivity contribution in [1.29, 1.82) is 0 Å². The third-order valence-electron chi connectivity index (χ3n) is 3.20. The maximum atomic E-state index is 11.9. The summed E-state index contributed by atoms with van der Waals surface area (Å²) in [5.41, 5.74) is 0.560. The smallest absolute Gasteiger partial charge is 0.253 e. The fourth-order valence-corrected chi connectivity index (χ4v) is 3.18. The van der Waals surface area contributed by atoms with E-state index < -0.39 is 16.1 Å². The van der Waals surface area contributed by atoms with Crippen LogP contribution in [0.2, 0.25) is 0 Å². The molecule has 7 heteroatoms. The summed E-state index contributed by atoms with van der Waals surface area (Å²) in [5, 5.41) is 2.73. The molecule has 0 radical (unpaired) electrons. The van der Waals surface area contributed by atoms with Crippen molar-refractivity contribution in [2.24, 2.45) is 0 Å². The largest absolute Gasteiger partial charge is 0.368 e. The number of ether oxygens (including phenoxy) is 1. The van der Waals surface area contributed by atoms with Crippen LogP contribution in [0.1, 0.15) is 26.2 Å². The summed E-state index contributed by atoms with van der Waals surface area (Å²) in [4.78, 5) is 12.1. The van der Waals surface area contributed by atoms with Crippen LogP contribution >= 0.6 is 0 Å². The van der Waals surface area contributed by atoms with E-state index in [2.05, 4.69) is 10.0 Å². The van der Waals surface area contributed by atoms with E-state index in [0.29, 0.717) is 18.8 Å². The molecule has 1 amide bonds. The summed E-state index contributed by atoms with van der Waals surface area (Å²) in [6.07, 6.45) is 1.94. The number of anilines is 1. The van der Waals surface area contributed by atoms with Crippen molar-refractivity contribution in [3.63, 3.8) is 0 Å². The van der Waals surface area contributed by atoms with Gasteiger partial charge in [0.1, 0.15) is 6.10 Å². The zero-order valence-electron chi connectivity index (χ0n) is 12.0. The Morgan fingerprint density at radius 1 is 1.33 bits per heavy atom. The molecule has 2 N–H and O–H groups in total. The van der Waals surface area contributed by atoms with Crippen molar-refractivity contribution in [2.75, 3.05) is 18.5 Å². The second-order valence-electron chi connectivity index (χ2n) is 4.91. The number of benzene rings is 1. The fraction of sp³-hybridized carbons (Fsp3) is 0.500. The van der Waals surface area contributed by atoms with E-state index in [9.17, 15) is 13.2 Å². The molecule has 1 heterocycles. The van der Waals surface area contributed by atoms with Crippen molar-refractivity contribution in [2.45, 2.75) is 37.2 Å². The van der Waals surface area contributed by atoms with E-state index in [1.54, 1.807) is 12.1 Å². The first-order valence-corrected chi connectivity index (χ1v) is 8.53. The SMILES string of the molecule is CCCNS(=O)(=O)c1ccc(NC(=O)[C@@H]2CCCO2)cc1. The minimum atomic E-state index is -3.47. The average molecular weight is 312 g/mol. The van der Waals surface area contributed by atoms with Gasteiger partial charge in [0, 0.05) is 18.8 Å². The summed E-state index contributed by atoms with van der Waals surface area (Å²) in [7, 11) is -3.47. The molecule has 116 valence electrons. The standard InChI is InChI=1S/C14H20N2O4S/c1-2-9-15-21(18,19)12-7-5-11(6-8-12)16-14(17)13-4-3-10-20-13/h5-8,13,15H,2-4,9-10H2,1H3,(H,16,17)/t13-/m0/s1. The fourth-order valence-electron chi connectivity index (χ4n) is 2.04. The first kappa shape index (κ1) is 15.9. The van der Waals surface area contributed by atoms with Gasteiger partial charge in [-0.05, 0) is 43.5 Å². The van der Waals surface area contributed by atoms with Crippen molar-refractivity contribution in [1.82, 2.24) is 4.72 Å². The summed E-state index contributed by atoms with van der Waals surface area (Å²) >= 11 is 0. The van der Waals surface area contributed by atoms with Crippen LogP contribution in [-0.2, 0) is 19.6 Å². The van der Waals surface area contributed by atoms with Crippen molar-refractivity contribution in [3.05, 3.63) is 24.3 Å². The van der Waals surface area contributed by atoms with Gasteiger partial charge < -0.3 is 10.1 Å². The molecule has 1 aliphatic rings. The number of carbonyl (C=O) groups excluding carboxylic acids is 1. The highest BCUT2D eigenvalue weighted by atomic mass is 32.2. The van der Waals surface area contributed by atoms with Crippen LogP contribution in [0.3, 0.4) is 0 Å². The summed E-state index contributed by atoms with van der Waals surface area (Å²) in [6.45, 7) is 2.91. The van der Waals surface area contributed by atoms with Crippen LogP contribution < -0.4 is 10.0 Å². The number of nitrogens with one attached hydrogen (secondary N) is 2. The molecule has 6 nitrogen and oxygen atoms in total. The summed E-state index contributed by atoms with van der Waals surface area (Å²) in [6, 6.07) is 6.10. The summed E-state index contributed by atoms with van der Waals surface area (Å²) in [5.74, 6) is -0.188. The number of sulfonamides is 1. The number of amides is 1. The van der Waals surface area contributed by atoms with Gasteiger partial charge in [0.25, 0.3) is 5.91 Å². The Morgan fingerprint density at radius 2 is 2.05 bits per heavy atom. The Bertz CT molecular complexity index is 577. The maximum absolute atomic E-state index is 11.9. The molecule has 1 atom stereocenters. The van der Waals surface area contributed by atoms with Crippen LogP contribution in [0.5, 0.6) is 0 Å². The van der Waals surface area contributed by atoms with E-state index >= 15 is 0 Å². The van der Waals surface area contributed by atoms with E-state index in [-0.39, 0.29) is 10.8 Å². The molecule has 0 spiro atoms. The zero-order valence-corrected chi connectivity index (χ0v) is 12.8. The lowest BCUT2D eigenvalue weighted by molar-refractivity contribution is -0.124. The molecule has 0 aliphatic carbocycles. The van der Waals surface area contributed by atoms with E-state index in [1.165, 1.54) is 12.1 Å². The molecule has 1 fully saturated rings. The number of hydrogen-bond donors (Lipinski definition) is 2. The molecule has 21 heavy (non-hydrogen) atoms.